The van der Waals surface area contributed by atoms with Crippen LogP contribution in [-0.4, -0.2) is 20.0 Å². The van der Waals surface area contributed by atoms with E-state index >= 15 is 0 Å². The van der Waals surface area contributed by atoms with E-state index in [1.54, 1.807) is 23.5 Å². The molecule has 0 radical (unpaired) electrons. The number of nitrogens with zero attached hydrogens (tertiary/aromatic N) is 4. The minimum atomic E-state index is 0.367. The third-order valence-electron chi connectivity index (χ3n) is 4.67. The predicted molar refractivity (Wildman–Crippen MR) is 116 cm³/mol. The van der Waals surface area contributed by atoms with Gasteiger partial charge in [0.15, 0.2) is 0 Å². The van der Waals surface area contributed by atoms with Crippen LogP contribution in [0.3, 0.4) is 0 Å². The molecule has 4 rings (SSSR count). The molecule has 152 valence electrons. The second-order valence-corrected chi connectivity index (χ2v) is 7.08. The van der Waals surface area contributed by atoms with E-state index in [1.807, 2.05) is 24.3 Å². The molecular formula is C24H24N4O2. The Morgan fingerprint density at radius 1 is 0.967 bits per heavy atom. The molecule has 0 aliphatic carbocycles. The Balaban J connectivity index is 1.24. The van der Waals surface area contributed by atoms with Gasteiger partial charge in [0.05, 0.1) is 18.9 Å². The maximum atomic E-state index is 5.83. The third-order valence-corrected chi connectivity index (χ3v) is 4.67. The molecule has 4 aromatic rings. The van der Waals surface area contributed by atoms with Crippen LogP contribution in [0.4, 0.5) is 0 Å². The number of benzene rings is 2. The standard InChI is InChI=1S/C24H24N4O2/c1-19-4-6-21(7-5-19)10-13-24-27-22(18-30-24)17-29-23-11-8-20(9-12-23)3-2-16-28-25-14-15-26-28/h4-15,18H,2-3,16-17H2,1H3/b13-10+. The van der Waals surface area contributed by atoms with E-state index in [1.165, 1.54) is 11.1 Å². The van der Waals surface area contributed by atoms with E-state index in [0.29, 0.717) is 12.5 Å². The predicted octanol–water partition coefficient (Wildman–Crippen LogP) is 4.96. The molecule has 6 heteroatoms. The molecule has 0 saturated carbocycles. The maximum Gasteiger partial charge on any atom is 0.218 e. The van der Waals surface area contributed by atoms with Crippen molar-refractivity contribution in [3.8, 4) is 5.75 Å². The molecule has 0 unspecified atom stereocenters. The van der Waals surface area contributed by atoms with Gasteiger partial charge in [-0.3, -0.25) is 0 Å². The molecule has 0 saturated heterocycles. The molecule has 0 aliphatic rings. The maximum absolute atomic E-state index is 5.83. The normalized spacial score (nSPS) is 11.2. The molecule has 0 spiro atoms. The van der Waals surface area contributed by atoms with E-state index in [-0.39, 0.29) is 0 Å². The molecule has 0 amide bonds. The Bertz CT molecular complexity index is 1070. The lowest BCUT2D eigenvalue weighted by Gasteiger charge is -2.06. The fraction of sp³-hybridized carbons (Fsp3) is 0.208. The Morgan fingerprint density at radius 3 is 2.50 bits per heavy atom. The summed E-state index contributed by atoms with van der Waals surface area (Å²) in [5.41, 5.74) is 4.37. The zero-order valence-electron chi connectivity index (χ0n) is 16.9. The fourth-order valence-electron chi connectivity index (χ4n) is 3.00. The average molecular weight is 400 g/mol. The summed E-state index contributed by atoms with van der Waals surface area (Å²) in [4.78, 5) is 6.16. The van der Waals surface area contributed by atoms with Gasteiger partial charge in [-0.2, -0.15) is 15.0 Å². The van der Waals surface area contributed by atoms with Crippen molar-refractivity contribution in [3.05, 3.63) is 95.5 Å². The summed E-state index contributed by atoms with van der Waals surface area (Å²) in [7, 11) is 0. The second kappa shape index (κ2) is 9.69. The number of aryl methyl sites for hydroxylation is 3. The molecule has 0 bridgehead atoms. The van der Waals surface area contributed by atoms with Gasteiger partial charge in [0.1, 0.15) is 24.3 Å². The van der Waals surface area contributed by atoms with Gasteiger partial charge in [0.2, 0.25) is 5.89 Å². The molecule has 0 N–H and O–H groups in total. The first-order chi connectivity index (χ1) is 14.7. The van der Waals surface area contributed by atoms with E-state index in [9.17, 15) is 0 Å². The first-order valence-corrected chi connectivity index (χ1v) is 9.99. The van der Waals surface area contributed by atoms with E-state index in [0.717, 1.165) is 36.4 Å². The van der Waals surface area contributed by atoms with E-state index in [2.05, 4.69) is 58.5 Å². The van der Waals surface area contributed by atoms with Gasteiger partial charge in [0.25, 0.3) is 0 Å². The highest BCUT2D eigenvalue weighted by molar-refractivity contribution is 5.66. The minimum Gasteiger partial charge on any atom is -0.487 e. The van der Waals surface area contributed by atoms with Crippen molar-refractivity contribution in [1.29, 1.82) is 0 Å². The highest BCUT2D eigenvalue weighted by Crippen LogP contribution is 2.16. The van der Waals surface area contributed by atoms with Crippen LogP contribution in [0, 0.1) is 6.92 Å². The summed E-state index contributed by atoms with van der Waals surface area (Å²) in [5.74, 6) is 1.38. The van der Waals surface area contributed by atoms with Crippen molar-refractivity contribution in [1.82, 2.24) is 20.0 Å². The van der Waals surface area contributed by atoms with Crippen LogP contribution in [0.1, 0.15) is 34.7 Å². The highest BCUT2D eigenvalue weighted by Gasteiger charge is 2.03. The zero-order valence-corrected chi connectivity index (χ0v) is 16.9. The Labute approximate surface area is 175 Å². The van der Waals surface area contributed by atoms with Gasteiger partial charge in [0, 0.05) is 6.08 Å². The highest BCUT2D eigenvalue weighted by atomic mass is 16.5. The molecule has 6 nitrogen and oxygen atoms in total. The summed E-state index contributed by atoms with van der Waals surface area (Å²) in [5, 5.41) is 8.23. The SMILES string of the molecule is Cc1ccc(/C=C/c2nc(COc3ccc(CCCn4nccn4)cc3)co2)cc1. The summed E-state index contributed by atoms with van der Waals surface area (Å²) in [6.07, 6.45) is 10.8. The number of rotatable bonds is 9. The lowest BCUT2D eigenvalue weighted by molar-refractivity contribution is 0.301. The Morgan fingerprint density at radius 2 is 1.73 bits per heavy atom. The molecule has 2 aromatic heterocycles. The third kappa shape index (κ3) is 5.67. The summed E-state index contributed by atoms with van der Waals surface area (Å²) in [6.45, 7) is 3.26. The van der Waals surface area contributed by atoms with E-state index < -0.39 is 0 Å². The zero-order chi connectivity index (χ0) is 20.6. The van der Waals surface area contributed by atoms with Gasteiger partial charge < -0.3 is 9.15 Å². The topological polar surface area (TPSA) is 66.0 Å². The van der Waals surface area contributed by atoms with Crippen LogP contribution >= 0.6 is 0 Å². The van der Waals surface area contributed by atoms with Gasteiger partial charge >= 0.3 is 0 Å². The summed E-state index contributed by atoms with van der Waals surface area (Å²) < 4.78 is 11.3. The van der Waals surface area contributed by atoms with Crippen LogP contribution in [0.25, 0.3) is 12.2 Å². The number of ether oxygens (including phenoxy) is 1. The van der Waals surface area contributed by atoms with Crippen LogP contribution in [0.2, 0.25) is 0 Å². The lowest BCUT2D eigenvalue weighted by Crippen LogP contribution is -2.03. The first-order valence-electron chi connectivity index (χ1n) is 9.99. The lowest BCUT2D eigenvalue weighted by atomic mass is 10.1. The van der Waals surface area contributed by atoms with Gasteiger partial charge in [-0.15, -0.1) is 0 Å². The van der Waals surface area contributed by atoms with Crippen molar-refractivity contribution in [3.63, 3.8) is 0 Å². The smallest absolute Gasteiger partial charge is 0.218 e. The number of hydrogen-bond donors (Lipinski definition) is 0. The van der Waals surface area contributed by atoms with Gasteiger partial charge in [-0.1, -0.05) is 42.0 Å². The second-order valence-electron chi connectivity index (χ2n) is 7.08. The largest absolute Gasteiger partial charge is 0.487 e. The van der Waals surface area contributed by atoms with Crippen molar-refractivity contribution in [2.45, 2.75) is 32.9 Å². The molecule has 30 heavy (non-hydrogen) atoms. The first kappa shape index (κ1) is 19.6. The summed E-state index contributed by atoms with van der Waals surface area (Å²) in [6, 6.07) is 16.4. The fourth-order valence-corrected chi connectivity index (χ4v) is 3.00. The molecule has 2 aromatic carbocycles. The van der Waals surface area contributed by atoms with Crippen molar-refractivity contribution in [2.75, 3.05) is 0 Å². The molecule has 0 fully saturated rings. The molecule has 2 heterocycles. The number of hydrogen-bond acceptors (Lipinski definition) is 5. The minimum absolute atomic E-state index is 0.367. The van der Waals surface area contributed by atoms with Crippen molar-refractivity contribution < 1.29 is 9.15 Å². The van der Waals surface area contributed by atoms with Crippen LogP contribution in [0.5, 0.6) is 5.75 Å². The van der Waals surface area contributed by atoms with E-state index in [4.69, 9.17) is 9.15 Å². The average Bonchev–Trinajstić information content (AvgIpc) is 3.45. The molecule has 0 atom stereocenters. The monoisotopic (exact) mass is 400 g/mol. The van der Waals surface area contributed by atoms with Gasteiger partial charge in [-0.25, -0.2) is 4.98 Å². The van der Waals surface area contributed by atoms with Crippen LogP contribution in [-0.2, 0) is 19.6 Å². The molecular weight excluding hydrogens is 376 g/mol. The number of oxazole rings is 1. The Hall–Kier alpha value is -3.67. The quantitative estimate of drug-likeness (QED) is 0.397. The summed E-state index contributed by atoms with van der Waals surface area (Å²) >= 11 is 0. The van der Waals surface area contributed by atoms with Crippen LogP contribution in [0.15, 0.2) is 71.6 Å². The molecule has 0 aliphatic heterocycles. The van der Waals surface area contributed by atoms with Crippen molar-refractivity contribution >= 4 is 12.2 Å². The van der Waals surface area contributed by atoms with Crippen molar-refractivity contribution in [2.24, 2.45) is 0 Å². The van der Waals surface area contributed by atoms with Gasteiger partial charge in [-0.05, 0) is 49.1 Å². The number of aromatic nitrogens is 4. The van der Waals surface area contributed by atoms with Crippen LogP contribution < -0.4 is 4.74 Å². The Kier molecular flexibility index (Phi) is 6.35.